The van der Waals surface area contributed by atoms with Crippen molar-refractivity contribution >= 4 is 17.8 Å². The molecule has 4 nitrogen and oxygen atoms in total. The molecule has 4 heteroatoms. The summed E-state index contributed by atoms with van der Waals surface area (Å²) in [5.41, 5.74) is 1.48. The third-order valence-corrected chi connectivity index (χ3v) is 3.21. The minimum absolute atomic E-state index is 0.0511. The highest BCUT2D eigenvalue weighted by atomic mass is 16.5. The number of allylic oxidation sites excluding steroid dienone is 1. The quantitative estimate of drug-likeness (QED) is 0.608. The Labute approximate surface area is 136 Å². The largest absolute Gasteiger partial charge is 0.484 e. The molecule has 0 saturated heterocycles. The van der Waals surface area contributed by atoms with Gasteiger partial charge < -0.3 is 9.64 Å². The van der Waals surface area contributed by atoms with E-state index in [9.17, 15) is 9.59 Å². The maximum absolute atomic E-state index is 12.2. The number of carbonyl (C=O) groups excluding carboxylic acids is 2. The SMILES string of the molecule is CN(C)C(=O)COc1cccc(C(=O)/C=C/c2ccccc2)c1. The number of likely N-dealkylation sites (N-methyl/N-ethyl adjacent to an activating group) is 1. The molecule has 0 aliphatic rings. The zero-order valence-corrected chi connectivity index (χ0v) is 13.2. The molecule has 0 aliphatic heterocycles. The molecule has 0 bridgehead atoms. The number of ether oxygens (including phenoxy) is 1. The molecule has 23 heavy (non-hydrogen) atoms. The Hall–Kier alpha value is -2.88. The van der Waals surface area contributed by atoms with Gasteiger partial charge in [-0.05, 0) is 23.8 Å². The average molecular weight is 309 g/mol. The van der Waals surface area contributed by atoms with Crippen molar-refractivity contribution in [2.24, 2.45) is 0 Å². The van der Waals surface area contributed by atoms with Gasteiger partial charge in [0, 0.05) is 19.7 Å². The van der Waals surface area contributed by atoms with Crippen LogP contribution in [-0.4, -0.2) is 37.3 Å². The minimum Gasteiger partial charge on any atom is -0.484 e. The third-order valence-electron chi connectivity index (χ3n) is 3.21. The zero-order valence-electron chi connectivity index (χ0n) is 13.2. The molecule has 0 N–H and O–H groups in total. The van der Waals surface area contributed by atoms with Gasteiger partial charge in [-0.3, -0.25) is 9.59 Å². The van der Waals surface area contributed by atoms with Crippen LogP contribution in [0.4, 0.5) is 0 Å². The van der Waals surface area contributed by atoms with Crippen molar-refractivity contribution in [2.45, 2.75) is 0 Å². The van der Waals surface area contributed by atoms with E-state index in [4.69, 9.17) is 4.74 Å². The Kier molecular flexibility index (Phi) is 5.69. The molecule has 0 aromatic heterocycles. The lowest BCUT2D eigenvalue weighted by atomic mass is 10.1. The Morgan fingerprint density at radius 3 is 2.48 bits per heavy atom. The molecule has 2 rings (SSSR count). The normalized spacial score (nSPS) is 10.5. The first-order valence-electron chi connectivity index (χ1n) is 7.27. The molecule has 0 unspecified atom stereocenters. The fourth-order valence-electron chi connectivity index (χ4n) is 1.85. The van der Waals surface area contributed by atoms with Gasteiger partial charge in [0.05, 0.1) is 0 Å². The molecule has 118 valence electrons. The second-order valence-corrected chi connectivity index (χ2v) is 5.21. The smallest absolute Gasteiger partial charge is 0.259 e. The first kappa shape index (κ1) is 16.5. The first-order valence-corrected chi connectivity index (χ1v) is 7.27. The standard InChI is InChI=1S/C19H19NO3/c1-20(2)19(22)14-23-17-10-6-9-16(13-17)18(21)12-11-15-7-4-3-5-8-15/h3-13H,14H2,1-2H3/b12-11+. The number of nitrogens with zero attached hydrogens (tertiary/aromatic N) is 1. The molecule has 0 radical (unpaired) electrons. The molecular weight excluding hydrogens is 290 g/mol. The van der Waals surface area contributed by atoms with Crippen molar-refractivity contribution < 1.29 is 14.3 Å². The maximum atomic E-state index is 12.2. The van der Waals surface area contributed by atoms with Gasteiger partial charge >= 0.3 is 0 Å². The predicted molar refractivity (Wildman–Crippen MR) is 90.4 cm³/mol. The number of amides is 1. The lowest BCUT2D eigenvalue weighted by Crippen LogP contribution is -2.27. The van der Waals surface area contributed by atoms with Gasteiger partial charge in [0.2, 0.25) is 0 Å². The topological polar surface area (TPSA) is 46.6 Å². The Balaban J connectivity index is 2.02. The second kappa shape index (κ2) is 7.94. The number of hydrogen-bond acceptors (Lipinski definition) is 3. The van der Waals surface area contributed by atoms with E-state index in [1.54, 1.807) is 44.4 Å². The number of carbonyl (C=O) groups is 2. The minimum atomic E-state index is -0.134. The van der Waals surface area contributed by atoms with Crippen LogP contribution in [0.25, 0.3) is 6.08 Å². The fraction of sp³-hybridized carbons (Fsp3) is 0.158. The Morgan fingerprint density at radius 2 is 1.78 bits per heavy atom. The van der Waals surface area contributed by atoms with Crippen molar-refractivity contribution in [1.29, 1.82) is 0 Å². The summed E-state index contributed by atoms with van der Waals surface area (Å²) >= 11 is 0. The molecule has 0 atom stereocenters. The third kappa shape index (κ3) is 5.11. The van der Waals surface area contributed by atoms with Crippen LogP contribution in [-0.2, 0) is 4.79 Å². The molecule has 0 saturated carbocycles. The van der Waals surface area contributed by atoms with E-state index in [2.05, 4.69) is 0 Å². The van der Waals surface area contributed by atoms with Crippen LogP contribution in [0.1, 0.15) is 15.9 Å². The molecule has 2 aromatic carbocycles. The molecule has 2 aromatic rings. The zero-order chi connectivity index (χ0) is 16.7. The second-order valence-electron chi connectivity index (χ2n) is 5.21. The summed E-state index contributed by atoms with van der Waals surface area (Å²) < 4.78 is 5.42. The highest BCUT2D eigenvalue weighted by Crippen LogP contribution is 2.15. The van der Waals surface area contributed by atoms with Crippen LogP contribution < -0.4 is 4.74 Å². The van der Waals surface area contributed by atoms with E-state index in [0.717, 1.165) is 5.56 Å². The highest BCUT2D eigenvalue weighted by Gasteiger charge is 2.07. The van der Waals surface area contributed by atoms with Crippen LogP contribution in [0.2, 0.25) is 0 Å². The van der Waals surface area contributed by atoms with Crippen LogP contribution >= 0.6 is 0 Å². The van der Waals surface area contributed by atoms with Gasteiger partial charge in [-0.25, -0.2) is 0 Å². The van der Waals surface area contributed by atoms with Crippen molar-refractivity contribution in [3.05, 3.63) is 71.8 Å². The van der Waals surface area contributed by atoms with Gasteiger partial charge in [-0.2, -0.15) is 0 Å². The van der Waals surface area contributed by atoms with E-state index in [1.165, 1.54) is 11.0 Å². The Bertz CT molecular complexity index is 706. The summed E-state index contributed by atoms with van der Waals surface area (Å²) in [7, 11) is 3.33. The summed E-state index contributed by atoms with van der Waals surface area (Å²) in [5.74, 6) is 0.253. The van der Waals surface area contributed by atoms with Crippen LogP contribution in [0.5, 0.6) is 5.75 Å². The maximum Gasteiger partial charge on any atom is 0.259 e. The predicted octanol–water partition coefficient (Wildman–Crippen LogP) is 3.05. The van der Waals surface area contributed by atoms with Crippen LogP contribution in [0, 0.1) is 0 Å². The van der Waals surface area contributed by atoms with Gasteiger partial charge in [-0.1, -0.05) is 48.5 Å². The van der Waals surface area contributed by atoms with E-state index in [1.807, 2.05) is 30.3 Å². The van der Waals surface area contributed by atoms with Crippen molar-refractivity contribution in [3.8, 4) is 5.75 Å². The fourth-order valence-corrected chi connectivity index (χ4v) is 1.85. The number of ketones is 1. The van der Waals surface area contributed by atoms with E-state index in [0.29, 0.717) is 11.3 Å². The first-order chi connectivity index (χ1) is 11.1. The number of benzene rings is 2. The molecule has 0 heterocycles. The average Bonchev–Trinajstić information content (AvgIpc) is 2.58. The summed E-state index contributed by atoms with van der Waals surface area (Å²) in [6.45, 7) is -0.0511. The van der Waals surface area contributed by atoms with Gasteiger partial charge in [0.25, 0.3) is 5.91 Å². The highest BCUT2D eigenvalue weighted by molar-refractivity contribution is 6.07. The van der Waals surface area contributed by atoms with E-state index < -0.39 is 0 Å². The van der Waals surface area contributed by atoms with Crippen molar-refractivity contribution in [2.75, 3.05) is 20.7 Å². The van der Waals surface area contributed by atoms with Crippen LogP contribution in [0.3, 0.4) is 0 Å². The van der Waals surface area contributed by atoms with Gasteiger partial charge in [-0.15, -0.1) is 0 Å². The van der Waals surface area contributed by atoms with E-state index >= 15 is 0 Å². The molecular formula is C19H19NO3. The Morgan fingerprint density at radius 1 is 1.04 bits per heavy atom. The molecule has 1 amide bonds. The molecule has 0 aliphatic carbocycles. The lowest BCUT2D eigenvalue weighted by Gasteiger charge is -2.11. The van der Waals surface area contributed by atoms with Crippen molar-refractivity contribution in [1.82, 2.24) is 4.90 Å². The summed E-state index contributed by atoms with van der Waals surface area (Å²) in [5, 5.41) is 0. The van der Waals surface area contributed by atoms with Gasteiger partial charge in [0.15, 0.2) is 12.4 Å². The van der Waals surface area contributed by atoms with Crippen molar-refractivity contribution in [3.63, 3.8) is 0 Å². The summed E-state index contributed by atoms with van der Waals surface area (Å²) in [4.78, 5) is 25.2. The van der Waals surface area contributed by atoms with Gasteiger partial charge in [0.1, 0.15) is 5.75 Å². The monoisotopic (exact) mass is 309 g/mol. The summed E-state index contributed by atoms with van der Waals surface area (Å²) in [6, 6.07) is 16.4. The molecule has 0 spiro atoms. The van der Waals surface area contributed by atoms with Crippen LogP contribution in [0.15, 0.2) is 60.7 Å². The molecule has 0 fully saturated rings. The number of hydrogen-bond donors (Lipinski definition) is 0. The summed E-state index contributed by atoms with van der Waals surface area (Å²) in [6.07, 6.45) is 3.30. The lowest BCUT2D eigenvalue weighted by molar-refractivity contribution is -0.130. The number of rotatable bonds is 6. The van der Waals surface area contributed by atoms with E-state index in [-0.39, 0.29) is 18.3 Å².